The highest BCUT2D eigenvalue weighted by Crippen LogP contribution is 2.21. The summed E-state index contributed by atoms with van der Waals surface area (Å²) in [5.41, 5.74) is 7.70. The van der Waals surface area contributed by atoms with Gasteiger partial charge in [0.2, 0.25) is 0 Å². The van der Waals surface area contributed by atoms with Crippen molar-refractivity contribution in [3.63, 3.8) is 0 Å². The van der Waals surface area contributed by atoms with Crippen molar-refractivity contribution in [3.05, 3.63) is 71.4 Å². The van der Waals surface area contributed by atoms with Crippen LogP contribution in [0.4, 0.5) is 0 Å². The number of carbonyl (C=O) groups excluding carboxylic acids is 1. The Bertz CT molecular complexity index is 908. The van der Waals surface area contributed by atoms with Gasteiger partial charge in [-0.25, -0.2) is 5.43 Å². The van der Waals surface area contributed by atoms with E-state index in [0.29, 0.717) is 5.56 Å². The van der Waals surface area contributed by atoms with Gasteiger partial charge in [0.05, 0.1) is 11.3 Å². The Hall–Kier alpha value is -2.88. The predicted molar refractivity (Wildman–Crippen MR) is 91.7 cm³/mol. The van der Waals surface area contributed by atoms with Crippen molar-refractivity contribution in [2.75, 3.05) is 0 Å². The number of aromatic nitrogens is 1. The number of H-pyrrole nitrogens is 1. The zero-order valence-electron chi connectivity index (χ0n) is 12.7. The molecule has 1 amide bonds. The minimum atomic E-state index is -0.182. The molecule has 23 heavy (non-hydrogen) atoms. The minimum absolute atomic E-state index is 0.182. The quantitative estimate of drug-likeness (QED) is 0.698. The number of nitrogens with zero attached hydrogens (tertiary/aromatic N) is 1. The second-order valence-corrected chi connectivity index (χ2v) is 5.76. The topological polar surface area (TPSA) is 57.2 Å². The van der Waals surface area contributed by atoms with Crippen LogP contribution in [-0.2, 0) is 6.42 Å². The third-order valence-electron chi connectivity index (χ3n) is 4.31. The standard InChI is InChI=1S/C19H17N3O/c23-19(16-12-20-17-10-4-3-9-15(16)17)22-21-18-11-5-7-13-6-1-2-8-14(13)18/h1-4,6,8-10,12,20H,5,7,11H2,(H,22,23). The van der Waals surface area contributed by atoms with Gasteiger partial charge in [-0.05, 0) is 30.9 Å². The molecule has 1 aliphatic rings. The highest BCUT2D eigenvalue weighted by Gasteiger charge is 2.16. The summed E-state index contributed by atoms with van der Waals surface area (Å²) >= 11 is 0. The van der Waals surface area contributed by atoms with Crippen LogP contribution in [0.2, 0.25) is 0 Å². The summed E-state index contributed by atoms with van der Waals surface area (Å²) in [5.74, 6) is -0.182. The number of nitrogens with one attached hydrogen (secondary N) is 2. The van der Waals surface area contributed by atoms with E-state index >= 15 is 0 Å². The van der Waals surface area contributed by atoms with E-state index in [9.17, 15) is 4.79 Å². The van der Waals surface area contributed by atoms with Crippen LogP contribution in [0.3, 0.4) is 0 Å². The Morgan fingerprint density at radius 3 is 2.83 bits per heavy atom. The number of benzene rings is 2. The van der Waals surface area contributed by atoms with Gasteiger partial charge in [-0.15, -0.1) is 0 Å². The number of amides is 1. The van der Waals surface area contributed by atoms with E-state index in [1.807, 2.05) is 36.4 Å². The maximum Gasteiger partial charge on any atom is 0.273 e. The summed E-state index contributed by atoms with van der Waals surface area (Å²) in [6.45, 7) is 0. The molecular weight excluding hydrogens is 286 g/mol. The minimum Gasteiger partial charge on any atom is -0.360 e. The third-order valence-corrected chi connectivity index (χ3v) is 4.31. The largest absolute Gasteiger partial charge is 0.360 e. The fourth-order valence-electron chi connectivity index (χ4n) is 3.15. The van der Waals surface area contributed by atoms with E-state index in [2.05, 4.69) is 27.6 Å². The number of hydrazone groups is 1. The Balaban J connectivity index is 1.61. The lowest BCUT2D eigenvalue weighted by atomic mass is 9.90. The summed E-state index contributed by atoms with van der Waals surface area (Å²) in [7, 11) is 0. The van der Waals surface area contributed by atoms with Crippen LogP contribution in [0.15, 0.2) is 59.8 Å². The zero-order chi connectivity index (χ0) is 15.6. The van der Waals surface area contributed by atoms with Crippen LogP contribution >= 0.6 is 0 Å². The SMILES string of the molecule is O=C(NN=C1CCCc2ccccc21)c1c[nH]c2ccccc12. The van der Waals surface area contributed by atoms with Crippen LogP contribution in [0.1, 0.15) is 34.3 Å². The lowest BCUT2D eigenvalue weighted by Crippen LogP contribution is -2.22. The van der Waals surface area contributed by atoms with E-state index in [1.165, 1.54) is 5.56 Å². The van der Waals surface area contributed by atoms with Crippen molar-refractivity contribution in [3.8, 4) is 0 Å². The maximum absolute atomic E-state index is 12.4. The van der Waals surface area contributed by atoms with Crippen molar-refractivity contribution < 1.29 is 4.79 Å². The van der Waals surface area contributed by atoms with E-state index in [-0.39, 0.29) is 5.91 Å². The molecule has 0 saturated heterocycles. The number of para-hydroxylation sites is 1. The smallest absolute Gasteiger partial charge is 0.273 e. The van der Waals surface area contributed by atoms with Gasteiger partial charge < -0.3 is 4.98 Å². The van der Waals surface area contributed by atoms with E-state index in [1.54, 1.807) is 6.20 Å². The molecule has 0 saturated carbocycles. The molecule has 4 rings (SSSR count). The first-order valence-corrected chi connectivity index (χ1v) is 7.84. The van der Waals surface area contributed by atoms with Gasteiger partial charge in [-0.2, -0.15) is 5.10 Å². The van der Waals surface area contributed by atoms with Crippen LogP contribution < -0.4 is 5.43 Å². The van der Waals surface area contributed by atoms with Crippen molar-refractivity contribution in [2.24, 2.45) is 5.10 Å². The number of aromatic amines is 1. The van der Waals surface area contributed by atoms with Gasteiger partial charge in [0.25, 0.3) is 5.91 Å². The summed E-state index contributed by atoms with van der Waals surface area (Å²) in [6, 6.07) is 16.0. The fourth-order valence-corrected chi connectivity index (χ4v) is 3.15. The normalized spacial score (nSPS) is 15.6. The molecule has 0 spiro atoms. The van der Waals surface area contributed by atoms with E-state index in [4.69, 9.17) is 0 Å². The molecule has 1 heterocycles. The second-order valence-electron chi connectivity index (χ2n) is 5.76. The lowest BCUT2D eigenvalue weighted by Gasteiger charge is -2.17. The molecule has 0 fully saturated rings. The van der Waals surface area contributed by atoms with Crippen molar-refractivity contribution in [2.45, 2.75) is 19.3 Å². The summed E-state index contributed by atoms with van der Waals surface area (Å²) < 4.78 is 0. The average molecular weight is 303 g/mol. The molecule has 2 aromatic carbocycles. The fraction of sp³-hybridized carbons (Fsp3) is 0.158. The van der Waals surface area contributed by atoms with Crippen LogP contribution in [-0.4, -0.2) is 16.6 Å². The molecule has 0 aliphatic heterocycles. The average Bonchev–Trinajstić information content (AvgIpc) is 3.04. The van der Waals surface area contributed by atoms with Gasteiger partial charge in [-0.3, -0.25) is 4.79 Å². The summed E-state index contributed by atoms with van der Waals surface area (Å²) in [6.07, 6.45) is 4.77. The van der Waals surface area contributed by atoms with Crippen molar-refractivity contribution >= 4 is 22.5 Å². The molecule has 4 nitrogen and oxygen atoms in total. The molecule has 4 heteroatoms. The number of fused-ring (bicyclic) bond motifs is 2. The first kappa shape index (κ1) is 13.8. The molecule has 0 atom stereocenters. The number of aryl methyl sites for hydroxylation is 1. The highest BCUT2D eigenvalue weighted by molar-refractivity contribution is 6.08. The van der Waals surface area contributed by atoms with Gasteiger partial charge in [0.15, 0.2) is 0 Å². The number of carbonyl (C=O) groups is 1. The maximum atomic E-state index is 12.4. The Morgan fingerprint density at radius 1 is 1.04 bits per heavy atom. The molecular formula is C19H17N3O. The van der Waals surface area contributed by atoms with E-state index < -0.39 is 0 Å². The molecule has 0 bridgehead atoms. The van der Waals surface area contributed by atoms with Crippen LogP contribution in [0, 0.1) is 0 Å². The number of hydrogen-bond acceptors (Lipinski definition) is 2. The van der Waals surface area contributed by atoms with Gasteiger partial charge in [0, 0.05) is 22.7 Å². The number of hydrogen-bond donors (Lipinski definition) is 2. The first-order chi connectivity index (χ1) is 11.3. The molecule has 1 aromatic heterocycles. The van der Waals surface area contributed by atoms with Gasteiger partial charge in [-0.1, -0.05) is 42.5 Å². The molecule has 114 valence electrons. The first-order valence-electron chi connectivity index (χ1n) is 7.84. The van der Waals surface area contributed by atoms with Crippen LogP contribution in [0.25, 0.3) is 10.9 Å². The Labute approximate surface area is 134 Å². The zero-order valence-corrected chi connectivity index (χ0v) is 12.7. The van der Waals surface area contributed by atoms with Crippen molar-refractivity contribution in [1.82, 2.24) is 10.4 Å². The van der Waals surface area contributed by atoms with E-state index in [0.717, 1.165) is 41.4 Å². The monoisotopic (exact) mass is 303 g/mol. The third kappa shape index (κ3) is 2.52. The lowest BCUT2D eigenvalue weighted by molar-refractivity contribution is 0.0956. The highest BCUT2D eigenvalue weighted by atomic mass is 16.2. The molecule has 0 unspecified atom stereocenters. The molecule has 0 radical (unpaired) electrons. The number of rotatable bonds is 2. The second kappa shape index (κ2) is 5.72. The Morgan fingerprint density at radius 2 is 1.87 bits per heavy atom. The molecule has 3 aromatic rings. The van der Waals surface area contributed by atoms with Gasteiger partial charge >= 0.3 is 0 Å². The molecule has 1 aliphatic carbocycles. The summed E-state index contributed by atoms with van der Waals surface area (Å²) in [5, 5.41) is 5.30. The van der Waals surface area contributed by atoms with Crippen LogP contribution in [0.5, 0.6) is 0 Å². The molecule has 2 N–H and O–H groups in total. The summed E-state index contributed by atoms with van der Waals surface area (Å²) in [4.78, 5) is 15.5. The van der Waals surface area contributed by atoms with Crippen molar-refractivity contribution in [1.29, 1.82) is 0 Å². The predicted octanol–water partition coefficient (Wildman–Crippen LogP) is 3.64. The Kier molecular flexibility index (Phi) is 3.42. The van der Waals surface area contributed by atoms with Gasteiger partial charge in [0.1, 0.15) is 0 Å².